The molecule has 0 amide bonds. The van der Waals surface area contributed by atoms with Crippen LogP contribution in [-0.2, 0) is 6.18 Å². The SMILES string of the molecule is Nc1ccc(F)c(Oc2ncc(C(F)(F)F)cc2Cl)c1. The number of ether oxygens (including phenoxy) is 1. The average Bonchev–Trinajstić information content (AvgIpc) is 2.35. The first kappa shape index (κ1) is 14.4. The Kier molecular flexibility index (Phi) is 3.71. The molecule has 1 aromatic carbocycles. The van der Waals surface area contributed by atoms with E-state index in [1.54, 1.807) is 0 Å². The average molecular weight is 307 g/mol. The summed E-state index contributed by atoms with van der Waals surface area (Å²) in [5.41, 5.74) is 4.65. The number of nitrogens with two attached hydrogens (primary N) is 1. The molecule has 0 saturated carbocycles. The fourth-order valence-corrected chi connectivity index (χ4v) is 1.56. The molecule has 1 heterocycles. The van der Waals surface area contributed by atoms with Gasteiger partial charge in [0.05, 0.1) is 5.56 Å². The molecule has 0 spiro atoms. The van der Waals surface area contributed by atoms with Gasteiger partial charge in [0.2, 0.25) is 5.88 Å². The molecule has 0 bridgehead atoms. The number of alkyl halides is 3. The van der Waals surface area contributed by atoms with Crippen molar-refractivity contribution in [3.63, 3.8) is 0 Å². The molecule has 0 saturated heterocycles. The summed E-state index contributed by atoms with van der Waals surface area (Å²) in [7, 11) is 0. The molecule has 0 aliphatic heterocycles. The number of benzene rings is 1. The van der Waals surface area contributed by atoms with Crippen LogP contribution in [0, 0.1) is 5.82 Å². The van der Waals surface area contributed by atoms with Crippen molar-refractivity contribution in [1.82, 2.24) is 4.98 Å². The van der Waals surface area contributed by atoms with Crippen molar-refractivity contribution in [2.75, 3.05) is 5.73 Å². The molecule has 20 heavy (non-hydrogen) atoms. The zero-order valence-corrected chi connectivity index (χ0v) is 10.5. The van der Waals surface area contributed by atoms with Crippen molar-refractivity contribution < 1.29 is 22.3 Å². The van der Waals surface area contributed by atoms with E-state index in [4.69, 9.17) is 22.1 Å². The number of pyridine rings is 1. The molecule has 2 aromatic rings. The number of anilines is 1. The van der Waals surface area contributed by atoms with Gasteiger partial charge in [0.15, 0.2) is 11.6 Å². The van der Waals surface area contributed by atoms with Gasteiger partial charge in [-0.05, 0) is 18.2 Å². The highest BCUT2D eigenvalue weighted by Gasteiger charge is 2.31. The van der Waals surface area contributed by atoms with E-state index in [0.717, 1.165) is 6.07 Å². The van der Waals surface area contributed by atoms with Gasteiger partial charge in [-0.25, -0.2) is 9.37 Å². The Balaban J connectivity index is 2.33. The maximum atomic E-state index is 13.4. The third-order valence-electron chi connectivity index (χ3n) is 2.30. The molecular formula is C12H7ClF4N2O. The lowest BCUT2D eigenvalue weighted by Gasteiger charge is -2.10. The van der Waals surface area contributed by atoms with Crippen molar-refractivity contribution in [2.45, 2.75) is 6.18 Å². The minimum atomic E-state index is -4.57. The fourth-order valence-electron chi connectivity index (χ4n) is 1.36. The van der Waals surface area contributed by atoms with Crippen LogP contribution < -0.4 is 10.5 Å². The molecular weight excluding hydrogens is 300 g/mol. The van der Waals surface area contributed by atoms with Crippen molar-refractivity contribution in [1.29, 1.82) is 0 Å². The highest BCUT2D eigenvalue weighted by molar-refractivity contribution is 6.31. The maximum absolute atomic E-state index is 13.4. The normalized spacial score (nSPS) is 11.4. The number of hydrogen-bond acceptors (Lipinski definition) is 3. The van der Waals surface area contributed by atoms with Gasteiger partial charge in [-0.1, -0.05) is 11.6 Å². The van der Waals surface area contributed by atoms with Crippen molar-refractivity contribution >= 4 is 17.3 Å². The van der Waals surface area contributed by atoms with E-state index in [1.807, 2.05) is 0 Å². The number of aromatic nitrogens is 1. The maximum Gasteiger partial charge on any atom is 0.417 e. The van der Waals surface area contributed by atoms with Crippen molar-refractivity contribution in [2.24, 2.45) is 0 Å². The third-order valence-corrected chi connectivity index (χ3v) is 2.57. The van der Waals surface area contributed by atoms with E-state index in [2.05, 4.69) is 4.98 Å². The minimum absolute atomic E-state index is 0.226. The highest BCUT2D eigenvalue weighted by Crippen LogP contribution is 2.35. The summed E-state index contributed by atoms with van der Waals surface area (Å²) in [5.74, 6) is -1.36. The van der Waals surface area contributed by atoms with E-state index in [-0.39, 0.29) is 22.3 Å². The molecule has 0 unspecified atom stereocenters. The van der Waals surface area contributed by atoms with Crippen LogP contribution in [0.5, 0.6) is 11.6 Å². The Morgan fingerprint density at radius 2 is 1.90 bits per heavy atom. The number of hydrogen-bond donors (Lipinski definition) is 1. The summed E-state index contributed by atoms with van der Waals surface area (Å²) < 4.78 is 55.7. The summed E-state index contributed by atoms with van der Waals surface area (Å²) in [5, 5.41) is -0.387. The van der Waals surface area contributed by atoms with Crippen LogP contribution in [0.4, 0.5) is 23.2 Å². The second kappa shape index (κ2) is 5.16. The molecule has 1 aromatic heterocycles. The first-order chi connectivity index (χ1) is 9.27. The Hall–Kier alpha value is -2.02. The van der Waals surface area contributed by atoms with Crippen LogP contribution in [-0.4, -0.2) is 4.98 Å². The van der Waals surface area contributed by atoms with Gasteiger partial charge in [-0.3, -0.25) is 0 Å². The molecule has 106 valence electrons. The minimum Gasteiger partial charge on any atom is -0.434 e. The predicted octanol–water partition coefficient (Wildman–Crippen LogP) is 4.27. The van der Waals surface area contributed by atoms with Gasteiger partial charge in [0.25, 0.3) is 0 Å². The molecule has 0 radical (unpaired) electrons. The van der Waals surface area contributed by atoms with Gasteiger partial charge in [0.1, 0.15) is 5.02 Å². The van der Waals surface area contributed by atoms with Crippen LogP contribution in [0.25, 0.3) is 0 Å². The van der Waals surface area contributed by atoms with Crippen LogP contribution in [0.2, 0.25) is 5.02 Å². The van der Waals surface area contributed by atoms with E-state index in [1.165, 1.54) is 12.1 Å². The summed E-state index contributed by atoms with van der Waals surface area (Å²) in [6, 6.07) is 4.19. The molecule has 2 rings (SSSR count). The summed E-state index contributed by atoms with van der Waals surface area (Å²) in [6.45, 7) is 0. The topological polar surface area (TPSA) is 48.1 Å². The van der Waals surface area contributed by atoms with Crippen molar-refractivity contribution in [3.8, 4) is 11.6 Å². The molecule has 3 nitrogen and oxygen atoms in total. The second-order valence-electron chi connectivity index (χ2n) is 3.80. The third kappa shape index (κ3) is 3.11. The van der Waals surface area contributed by atoms with E-state index in [0.29, 0.717) is 12.3 Å². The lowest BCUT2D eigenvalue weighted by Crippen LogP contribution is -2.06. The molecule has 8 heteroatoms. The smallest absolute Gasteiger partial charge is 0.417 e. The summed E-state index contributed by atoms with van der Waals surface area (Å²) in [4.78, 5) is 3.43. The number of halogens is 5. The fraction of sp³-hybridized carbons (Fsp3) is 0.0833. The lowest BCUT2D eigenvalue weighted by atomic mass is 10.3. The first-order valence-electron chi connectivity index (χ1n) is 5.23. The van der Waals surface area contributed by atoms with Gasteiger partial charge < -0.3 is 10.5 Å². The Morgan fingerprint density at radius 3 is 2.50 bits per heavy atom. The second-order valence-corrected chi connectivity index (χ2v) is 4.21. The summed E-state index contributed by atoms with van der Waals surface area (Å²) >= 11 is 5.64. The van der Waals surface area contributed by atoms with Gasteiger partial charge in [0, 0.05) is 18.0 Å². The van der Waals surface area contributed by atoms with Gasteiger partial charge in [-0.15, -0.1) is 0 Å². The molecule has 0 atom stereocenters. The van der Waals surface area contributed by atoms with E-state index >= 15 is 0 Å². The molecule has 0 aliphatic rings. The van der Waals surface area contributed by atoms with Gasteiger partial charge in [-0.2, -0.15) is 13.2 Å². The Morgan fingerprint density at radius 1 is 1.20 bits per heavy atom. The Labute approximate surface area is 115 Å². The van der Waals surface area contributed by atoms with Crippen LogP contribution in [0.15, 0.2) is 30.5 Å². The summed E-state index contributed by atoms with van der Waals surface area (Å²) in [6.07, 6.45) is -4.02. The number of nitrogens with zero attached hydrogens (tertiary/aromatic N) is 1. The van der Waals surface area contributed by atoms with E-state index < -0.39 is 17.6 Å². The molecule has 2 N–H and O–H groups in total. The molecule has 0 aliphatic carbocycles. The van der Waals surface area contributed by atoms with Crippen LogP contribution >= 0.6 is 11.6 Å². The van der Waals surface area contributed by atoms with Gasteiger partial charge >= 0.3 is 6.18 Å². The zero-order valence-electron chi connectivity index (χ0n) is 9.71. The predicted molar refractivity (Wildman–Crippen MR) is 65.1 cm³/mol. The van der Waals surface area contributed by atoms with Crippen LogP contribution in [0.1, 0.15) is 5.56 Å². The Bertz CT molecular complexity index is 646. The largest absolute Gasteiger partial charge is 0.434 e. The van der Waals surface area contributed by atoms with E-state index in [9.17, 15) is 17.6 Å². The quantitative estimate of drug-likeness (QED) is 0.666. The highest BCUT2D eigenvalue weighted by atomic mass is 35.5. The zero-order chi connectivity index (χ0) is 14.9. The number of rotatable bonds is 2. The van der Waals surface area contributed by atoms with Crippen molar-refractivity contribution in [3.05, 3.63) is 46.9 Å². The molecule has 0 fully saturated rings. The standard InChI is InChI=1S/C12H7ClF4N2O/c13-8-3-6(12(15,16)17)5-19-11(8)20-10-4-7(18)1-2-9(10)14/h1-5H,18H2. The monoisotopic (exact) mass is 306 g/mol. The van der Waals surface area contributed by atoms with Crippen LogP contribution in [0.3, 0.4) is 0 Å². The lowest BCUT2D eigenvalue weighted by molar-refractivity contribution is -0.137. The first-order valence-corrected chi connectivity index (χ1v) is 5.61. The number of nitrogen functional groups attached to an aromatic ring is 1.